The normalized spacial score (nSPS) is 12.7. The summed E-state index contributed by atoms with van der Waals surface area (Å²) in [5, 5.41) is 8.91. The number of rotatable bonds is 8. The molecule has 0 aromatic heterocycles. The van der Waals surface area contributed by atoms with Crippen LogP contribution in [0.15, 0.2) is 17.0 Å². The summed E-state index contributed by atoms with van der Waals surface area (Å²) in [6.07, 6.45) is 1.31. The minimum Gasteiger partial charge on any atom is -0.480 e. The number of hydrogen-bond acceptors (Lipinski definition) is 5. The quantitative estimate of drug-likeness (QED) is 0.652. The van der Waals surface area contributed by atoms with Crippen molar-refractivity contribution in [3.05, 3.63) is 27.7 Å². The fourth-order valence-corrected chi connectivity index (χ4v) is 4.24. The number of ether oxygens (including phenoxy) is 1. The molecule has 0 aliphatic carbocycles. The Morgan fingerprint density at radius 2 is 1.96 bits per heavy atom. The molecule has 1 unspecified atom stereocenters. The van der Waals surface area contributed by atoms with Crippen molar-refractivity contribution in [2.75, 3.05) is 7.11 Å². The van der Waals surface area contributed by atoms with Crippen molar-refractivity contribution in [1.82, 2.24) is 4.72 Å². The van der Waals surface area contributed by atoms with E-state index in [1.54, 1.807) is 0 Å². The van der Waals surface area contributed by atoms with Crippen molar-refractivity contribution < 1.29 is 27.9 Å². The van der Waals surface area contributed by atoms with Gasteiger partial charge in [0.1, 0.15) is 10.9 Å². The summed E-state index contributed by atoms with van der Waals surface area (Å²) in [5.41, 5.74) is -0.373. The van der Waals surface area contributed by atoms with Crippen molar-refractivity contribution in [2.45, 2.75) is 37.1 Å². The molecule has 1 rings (SSSR count). The first kappa shape index (κ1) is 20.7. The molecule has 0 spiro atoms. The SMILES string of the molecule is CCCCC(NS(=O)(=O)c1c(Cl)cc(Cl)cc1C(=O)OC)C(=O)O. The highest BCUT2D eigenvalue weighted by Crippen LogP contribution is 2.30. The molecule has 0 aliphatic rings. The highest BCUT2D eigenvalue weighted by atomic mass is 35.5. The predicted molar refractivity (Wildman–Crippen MR) is 89.1 cm³/mol. The number of carboxylic acid groups (broad SMARTS) is 1. The minimum absolute atomic E-state index is 0.0418. The van der Waals surface area contributed by atoms with Crippen LogP contribution in [0, 0.1) is 0 Å². The van der Waals surface area contributed by atoms with E-state index < -0.39 is 32.9 Å². The van der Waals surface area contributed by atoms with Crippen LogP contribution < -0.4 is 4.72 Å². The van der Waals surface area contributed by atoms with Crippen LogP contribution in [-0.4, -0.2) is 38.6 Å². The van der Waals surface area contributed by atoms with E-state index in [1.807, 2.05) is 6.92 Å². The Kier molecular flexibility index (Phi) is 7.47. The summed E-state index contributed by atoms with van der Waals surface area (Å²) < 4.78 is 31.7. The maximum atomic E-state index is 12.6. The van der Waals surface area contributed by atoms with Gasteiger partial charge in [-0.05, 0) is 18.6 Å². The fraction of sp³-hybridized carbons (Fsp3) is 0.429. The summed E-state index contributed by atoms with van der Waals surface area (Å²) in [7, 11) is -3.32. The van der Waals surface area contributed by atoms with Crippen LogP contribution in [0.25, 0.3) is 0 Å². The van der Waals surface area contributed by atoms with Crippen molar-refractivity contribution in [3.63, 3.8) is 0 Å². The Bertz CT molecular complexity index is 735. The van der Waals surface area contributed by atoms with Crippen LogP contribution in [0.3, 0.4) is 0 Å². The number of halogens is 2. The zero-order valence-electron chi connectivity index (χ0n) is 13.0. The second-order valence-electron chi connectivity index (χ2n) is 4.91. The van der Waals surface area contributed by atoms with E-state index in [0.717, 1.165) is 19.2 Å². The van der Waals surface area contributed by atoms with Crippen LogP contribution in [0.2, 0.25) is 10.0 Å². The van der Waals surface area contributed by atoms with Gasteiger partial charge in [0.05, 0.1) is 17.7 Å². The number of methoxy groups -OCH3 is 1. The second kappa shape index (κ2) is 8.66. The molecule has 24 heavy (non-hydrogen) atoms. The largest absolute Gasteiger partial charge is 0.480 e. The average Bonchev–Trinajstić information content (AvgIpc) is 2.48. The molecule has 1 atom stereocenters. The van der Waals surface area contributed by atoms with Crippen molar-refractivity contribution in [1.29, 1.82) is 0 Å². The summed E-state index contributed by atoms with van der Waals surface area (Å²) in [5.74, 6) is -2.28. The van der Waals surface area contributed by atoms with Gasteiger partial charge in [-0.3, -0.25) is 4.79 Å². The van der Waals surface area contributed by atoms with Crippen molar-refractivity contribution in [3.8, 4) is 0 Å². The Labute approximate surface area is 149 Å². The summed E-state index contributed by atoms with van der Waals surface area (Å²) in [6.45, 7) is 1.85. The predicted octanol–water partition coefficient (Wildman–Crippen LogP) is 2.70. The van der Waals surface area contributed by atoms with Gasteiger partial charge in [0, 0.05) is 5.02 Å². The van der Waals surface area contributed by atoms with Gasteiger partial charge in [0.25, 0.3) is 0 Å². The van der Waals surface area contributed by atoms with E-state index >= 15 is 0 Å². The molecule has 0 saturated carbocycles. The molecule has 1 aromatic carbocycles. The van der Waals surface area contributed by atoms with Gasteiger partial charge in [-0.15, -0.1) is 0 Å². The number of nitrogens with one attached hydrogen (secondary N) is 1. The molecular weight excluding hydrogens is 381 g/mol. The zero-order chi connectivity index (χ0) is 18.5. The maximum absolute atomic E-state index is 12.6. The van der Waals surface area contributed by atoms with Crippen LogP contribution >= 0.6 is 23.2 Å². The number of carbonyl (C=O) groups excluding carboxylic acids is 1. The highest BCUT2D eigenvalue weighted by molar-refractivity contribution is 7.89. The monoisotopic (exact) mass is 397 g/mol. The van der Waals surface area contributed by atoms with Gasteiger partial charge >= 0.3 is 11.9 Å². The summed E-state index contributed by atoms with van der Waals surface area (Å²) >= 11 is 11.7. The van der Waals surface area contributed by atoms with Crippen molar-refractivity contribution >= 4 is 45.2 Å². The first-order chi connectivity index (χ1) is 11.1. The molecule has 0 aliphatic heterocycles. The molecule has 0 fully saturated rings. The van der Waals surface area contributed by atoms with E-state index in [9.17, 15) is 23.1 Å². The van der Waals surface area contributed by atoms with Gasteiger partial charge < -0.3 is 9.84 Å². The van der Waals surface area contributed by atoms with Gasteiger partial charge in [-0.1, -0.05) is 43.0 Å². The molecule has 1 aromatic rings. The summed E-state index contributed by atoms with van der Waals surface area (Å²) in [6, 6.07) is 0.897. The van der Waals surface area contributed by atoms with E-state index in [-0.39, 0.29) is 22.0 Å². The third kappa shape index (κ3) is 5.07. The number of esters is 1. The van der Waals surface area contributed by atoms with E-state index in [1.165, 1.54) is 0 Å². The Morgan fingerprint density at radius 1 is 1.33 bits per heavy atom. The number of unbranched alkanes of at least 4 members (excludes halogenated alkanes) is 1. The van der Waals surface area contributed by atoms with E-state index in [2.05, 4.69) is 9.46 Å². The average molecular weight is 398 g/mol. The Morgan fingerprint density at radius 3 is 2.46 bits per heavy atom. The van der Waals surface area contributed by atoms with E-state index in [0.29, 0.717) is 12.8 Å². The third-order valence-electron chi connectivity index (χ3n) is 3.12. The number of benzene rings is 1. The number of aliphatic carboxylic acids is 1. The lowest BCUT2D eigenvalue weighted by Gasteiger charge is -2.17. The fourth-order valence-electron chi connectivity index (χ4n) is 1.98. The molecule has 2 N–H and O–H groups in total. The molecule has 0 amide bonds. The topological polar surface area (TPSA) is 110 Å². The third-order valence-corrected chi connectivity index (χ3v) is 5.32. The molecule has 10 heteroatoms. The standard InChI is InChI=1S/C14H17Cl2NO6S/c1-3-4-5-11(13(18)19)17-24(21,22)12-9(14(20)23-2)6-8(15)7-10(12)16/h6-7,11,17H,3-5H2,1-2H3,(H,18,19). The van der Waals surface area contributed by atoms with Crippen LogP contribution in [-0.2, 0) is 19.6 Å². The zero-order valence-corrected chi connectivity index (χ0v) is 15.3. The molecule has 7 nitrogen and oxygen atoms in total. The lowest BCUT2D eigenvalue weighted by molar-refractivity contribution is -0.139. The van der Waals surface area contributed by atoms with Crippen LogP contribution in [0.1, 0.15) is 36.5 Å². The molecule has 0 bridgehead atoms. The maximum Gasteiger partial charge on any atom is 0.339 e. The first-order valence-corrected chi connectivity index (χ1v) is 9.20. The van der Waals surface area contributed by atoms with E-state index in [4.69, 9.17) is 23.2 Å². The number of carboxylic acids is 1. The number of carbonyl (C=O) groups is 2. The second-order valence-corrected chi connectivity index (χ2v) is 7.40. The van der Waals surface area contributed by atoms with Crippen LogP contribution in [0.5, 0.6) is 0 Å². The van der Waals surface area contributed by atoms with Gasteiger partial charge in [-0.2, -0.15) is 4.72 Å². The Hall–Kier alpha value is -1.35. The molecule has 134 valence electrons. The first-order valence-electron chi connectivity index (χ1n) is 6.96. The lowest BCUT2D eigenvalue weighted by Crippen LogP contribution is -2.41. The van der Waals surface area contributed by atoms with Crippen LogP contribution in [0.4, 0.5) is 0 Å². The lowest BCUT2D eigenvalue weighted by atomic mass is 10.1. The minimum atomic E-state index is -4.39. The van der Waals surface area contributed by atoms with Gasteiger partial charge in [0.15, 0.2) is 0 Å². The smallest absolute Gasteiger partial charge is 0.339 e. The Balaban J connectivity index is 3.36. The molecular formula is C14H17Cl2NO6S. The van der Waals surface area contributed by atoms with Crippen molar-refractivity contribution in [2.24, 2.45) is 0 Å². The summed E-state index contributed by atoms with van der Waals surface area (Å²) in [4.78, 5) is 22.5. The number of hydrogen-bond donors (Lipinski definition) is 2. The molecule has 0 radical (unpaired) electrons. The number of sulfonamides is 1. The van der Waals surface area contributed by atoms with Gasteiger partial charge in [-0.25, -0.2) is 13.2 Å². The highest BCUT2D eigenvalue weighted by Gasteiger charge is 2.31. The molecule has 0 saturated heterocycles. The molecule has 0 heterocycles. The van der Waals surface area contributed by atoms with Gasteiger partial charge in [0.2, 0.25) is 10.0 Å².